The summed E-state index contributed by atoms with van der Waals surface area (Å²) in [6.45, 7) is 4.58. The molecule has 0 spiro atoms. The van der Waals surface area contributed by atoms with Crippen LogP contribution in [0, 0.1) is 0 Å². The predicted molar refractivity (Wildman–Crippen MR) is 181 cm³/mol. The van der Waals surface area contributed by atoms with Crippen LogP contribution in [0.1, 0.15) is 64.9 Å². The van der Waals surface area contributed by atoms with E-state index in [0.717, 1.165) is 14.2 Å². The Labute approximate surface area is 306 Å². The fraction of sp³-hybridized carbons (Fsp3) is 0.559. The third-order valence-corrected chi connectivity index (χ3v) is 7.06. The van der Waals surface area contributed by atoms with Gasteiger partial charge in [-0.25, -0.2) is 9.59 Å². The van der Waals surface area contributed by atoms with Gasteiger partial charge in [-0.3, -0.25) is 33.6 Å². The molecule has 0 saturated heterocycles. The quantitative estimate of drug-likeness (QED) is 0.0855. The molecule has 0 fully saturated rings. The maximum atomic E-state index is 13.6. The lowest BCUT2D eigenvalue weighted by Crippen LogP contribution is -2.58. The molecule has 19 nitrogen and oxygen atoms in total. The Hall–Kier alpha value is -5.75. The van der Waals surface area contributed by atoms with Gasteiger partial charge in [-0.2, -0.15) is 0 Å². The highest BCUT2D eigenvalue weighted by atomic mass is 16.6. The van der Waals surface area contributed by atoms with Gasteiger partial charge in [0.1, 0.15) is 30.8 Å². The first-order valence-electron chi connectivity index (χ1n) is 16.8. The second kappa shape index (κ2) is 25.2. The molecule has 294 valence electrons. The molecule has 4 unspecified atom stereocenters. The molecular weight excluding hydrogens is 704 g/mol. The number of nitrogens with one attached hydrogen (secondary N) is 4. The van der Waals surface area contributed by atoms with Crippen LogP contribution in [0.15, 0.2) is 30.3 Å². The van der Waals surface area contributed by atoms with Gasteiger partial charge in [-0.05, 0) is 39.2 Å². The third kappa shape index (κ3) is 18.4. The fourth-order valence-electron chi connectivity index (χ4n) is 4.39. The Morgan fingerprint density at radius 1 is 0.528 bits per heavy atom. The van der Waals surface area contributed by atoms with Crippen LogP contribution in [0.4, 0.5) is 4.79 Å². The third-order valence-electron chi connectivity index (χ3n) is 7.06. The topological polar surface area (TPSA) is 257 Å². The lowest BCUT2D eigenvalue weighted by Gasteiger charge is -2.25. The van der Waals surface area contributed by atoms with Crippen molar-refractivity contribution in [2.45, 2.75) is 90.1 Å². The van der Waals surface area contributed by atoms with Crippen LogP contribution in [0.5, 0.6) is 0 Å². The molecule has 4 amide bonds. The predicted octanol–water partition coefficient (Wildman–Crippen LogP) is 0.112. The summed E-state index contributed by atoms with van der Waals surface area (Å²) in [4.78, 5) is 114. The highest BCUT2D eigenvalue weighted by Gasteiger charge is 2.34. The summed E-state index contributed by atoms with van der Waals surface area (Å²) in [5.41, 5.74) is 0.642. The summed E-state index contributed by atoms with van der Waals surface area (Å²) in [5, 5.41) is 9.23. The second-order valence-corrected chi connectivity index (χ2v) is 10.9. The SMILES string of the molecule is CCOC(=O)CCC(NC(=O)OCc1ccccc1)C(=O)NC(CC(=O)OC)C(=O)NC(CC(=O)OC)C(=O)NC(CCC(=O)OCC)C(=O)OCC. The number of methoxy groups -OCH3 is 2. The Kier molecular flexibility index (Phi) is 21.6. The molecule has 0 aliphatic carbocycles. The highest BCUT2D eigenvalue weighted by Crippen LogP contribution is 2.08. The van der Waals surface area contributed by atoms with E-state index < -0.39 is 90.7 Å². The highest BCUT2D eigenvalue weighted by molar-refractivity contribution is 5.97. The first-order valence-corrected chi connectivity index (χ1v) is 16.8. The Morgan fingerprint density at radius 2 is 0.962 bits per heavy atom. The minimum absolute atomic E-state index is 0.0515. The Balaban J connectivity index is 3.28. The summed E-state index contributed by atoms with van der Waals surface area (Å²) in [6.07, 6.45) is -3.78. The number of esters is 5. The molecule has 4 atom stereocenters. The minimum atomic E-state index is -1.76. The monoisotopic (exact) mass is 752 g/mol. The van der Waals surface area contributed by atoms with E-state index in [4.69, 9.17) is 18.9 Å². The van der Waals surface area contributed by atoms with Gasteiger partial charge in [0.2, 0.25) is 17.7 Å². The van der Waals surface area contributed by atoms with Crippen molar-refractivity contribution in [1.29, 1.82) is 0 Å². The summed E-state index contributed by atoms with van der Waals surface area (Å²) in [5.74, 6) is -7.47. The van der Waals surface area contributed by atoms with Gasteiger partial charge in [0.25, 0.3) is 0 Å². The van der Waals surface area contributed by atoms with Crippen molar-refractivity contribution in [3.8, 4) is 0 Å². The average Bonchev–Trinajstić information content (AvgIpc) is 3.13. The number of carbonyl (C=O) groups is 9. The van der Waals surface area contributed by atoms with Gasteiger partial charge in [0.05, 0.1) is 46.9 Å². The summed E-state index contributed by atoms with van der Waals surface area (Å²) >= 11 is 0. The maximum absolute atomic E-state index is 13.6. The molecule has 4 N–H and O–H groups in total. The molecule has 1 aromatic carbocycles. The van der Waals surface area contributed by atoms with E-state index in [1.54, 1.807) is 44.2 Å². The van der Waals surface area contributed by atoms with Crippen molar-refractivity contribution in [3.05, 3.63) is 35.9 Å². The number of rotatable bonds is 23. The van der Waals surface area contributed by atoms with Crippen LogP contribution in [0.25, 0.3) is 0 Å². The Bertz CT molecular complexity index is 1410. The number of ether oxygens (including phenoxy) is 6. The summed E-state index contributed by atoms with van der Waals surface area (Å²) in [7, 11) is 2.04. The van der Waals surface area contributed by atoms with Crippen LogP contribution >= 0.6 is 0 Å². The molecule has 53 heavy (non-hydrogen) atoms. The van der Waals surface area contributed by atoms with E-state index in [9.17, 15) is 43.2 Å². The van der Waals surface area contributed by atoms with E-state index in [1.807, 2.05) is 0 Å². The first kappa shape index (κ1) is 45.3. The lowest BCUT2D eigenvalue weighted by molar-refractivity contribution is -0.150. The normalized spacial score (nSPS) is 12.6. The molecule has 0 radical (unpaired) electrons. The molecule has 0 aliphatic heterocycles. The number of hydrogen-bond acceptors (Lipinski definition) is 15. The van der Waals surface area contributed by atoms with Crippen molar-refractivity contribution >= 4 is 53.7 Å². The smallest absolute Gasteiger partial charge is 0.408 e. The molecule has 0 heterocycles. The van der Waals surface area contributed by atoms with Gasteiger partial charge >= 0.3 is 35.9 Å². The van der Waals surface area contributed by atoms with E-state index in [1.165, 1.54) is 6.92 Å². The second-order valence-electron chi connectivity index (χ2n) is 10.9. The lowest BCUT2D eigenvalue weighted by atomic mass is 10.1. The summed E-state index contributed by atoms with van der Waals surface area (Å²) in [6, 6.07) is 2.21. The van der Waals surface area contributed by atoms with Crippen LogP contribution < -0.4 is 21.3 Å². The molecule has 0 bridgehead atoms. The molecule has 0 saturated carbocycles. The van der Waals surface area contributed by atoms with Gasteiger partial charge in [0, 0.05) is 12.8 Å². The van der Waals surface area contributed by atoms with E-state index in [0.29, 0.717) is 5.56 Å². The van der Waals surface area contributed by atoms with E-state index in [-0.39, 0.29) is 52.1 Å². The minimum Gasteiger partial charge on any atom is -0.469 e. The number of amides is 4. The fourth-order valence-corrected chi connectivity index (χ4v) is 4.39. The molecular formula is C34H48N4O15. The first-order chi connectivity index (χ1) is 25.3. The molecule has 19 heteroatoms. The van der Waals surface area contributed by atoms with Gasteiger partial charge in [-0.15, -0.1) is 0 Å². The number of hydrogen-bond donors (Lipinski definition) is 4. The zero-order valence-corrected chi connectivity index (χ0v) is 30.4. The van der Waals surface area contributed by atoms with Gasteiger partial charge < -0.3 is 49.7 Å². The van der Waals surface area contributed by atoms with Crippen LogP contribution in [-0.4, -0.2) is 112 Å². The Morgan fingerprint density at radius 3 is 1.42 bits per heavy atom. The van der Waals surface area contributed by atoms with Crippen LogP contribution in [0.2, 0.25) is 0 Å². The van der Waals surface area contributed by atoms with E-state index >= 15 is 0 Å². The van der Waals surface area contributed by atoms with Crippen molar-refractivity contribution in [3.63, 3.8) is 0 Å². The van der Waals surface area contributed by atoms with Gasteiger partial charge in [-0.1, -0.05) is 30.3 Å². The van der Waals surface area contributed by atoms with E-state index in [2.05, 4.69) is 30.7 Å². The van der Waals surface area contributed by atoms with Crippen LogP contribution in [-0.2, 0) is 73.4 Å². The number of benzene rings is 1. The maximum Gasteiger partial charge on any atom is 0.408 e. The van der Waals surface area contributed by atoms with Crippen molar-refractivity contribution in [2.75, 3.05) is 34.0 Å². The number of carbonyl (C=O) groups excluding carboxylic acids is 9. The molecule has 1 rings (SSSR count). The standard InChI is InChI=1S/C34H48N4O15/c1-6-50-26(39)16-14-22(38-34(47)53-20-21-12-10-9-11-13-21)30(43)36-25(19-29(42)49-5)32(45)37-24(18-28(41)48-4)31(44)35-23(33(46)52-8-3)15-17-27(40)51-7-2/h9-13,22-25H,6-8,14-20H2,1-5H3,(H,35,44)(H,36,43)(H,37,45)(H,38,47). The summed E-state index contributed by atoms with van der Waals surface area (Å²) < 4.78 is 29.2. The number of alkyl carbamates (subject to hydrolysis) is 1. The van der Waals surface area contributed by atoms with Crippen LogP contribution in [0.3, 0.4) is 0 Å². The zero-order valence-electron chi connectivity index (χ0n) is 30.4. The van der Waals surface area contributed by atoms with Crippen molar-refractivity contribution < 1.29 is 71.6 Å². The largest absolute Gasteiger partial charge is 0.469 e. The van der Waals surface area contributed by atoms with Crippen molar-refractivity contribution in [2.24, 2.45) is 0 Å². The molecule has 0 aromatic heterocycles. The zero-order chi connectivity index (χ0) is 39.8. The average molecular weight is 753 g/mol. The van der Waals surface area contributed by atoms with Crippen molar-refractivity contribution in [1.82, 2.24) is 21.3 Å². The molecule has 1 aromatic rings. The molecule has 0 aliphatic rings. The van der Waals surface area contributed by atoms with Gasteiger partial charge in [0.15, 0.2) is 0 Å².